The molecule has 14 rings (SSSR count). The van der Waals surface area contributed by atoms with Crippen molar-refractivity contribution in [3.05, 3.63) is 142 Å². The summed E-state index contributed by atoms with van der Waals surface area (Å²) in [7, 11) is 0. The Labute approximate surface area is 631 Å². The SMILES string of the molecule is C/C1=C/C=C/[C@H](C)[C@H](O)[C@@H](C)[C@@H](O)[C@@H](C)[C@H](O)[C@H](C)[C@@H](C)/C=C/O[C@@]2(C)Oc3c(C)c(O)c4c(O)c(c5c(nc6cc(C)ccn65)c4c3C2=O)NC1=O.CC(=O)O[C@H]1[C@H](C)[C@H](O)[C@H](C)[C@@H](O)[C@@H](C)/C=C/C=C(/C)C(=O)Nc2c(O)c3c(O)c(C)c4c(c3c3nc5cc(C)ccn5c23)C(=O)[C@@](C)(O/C=C/[C@H](C)[C@H]1C)O4. The molecule has 0 radical (unpaired) electrons. The maximum atomic E-state index is 14.5. The Morgan fingerprint density at radius 3 is 1.25 bits per heavy atom. The Morgan fingerprint density at radius 1 is 0.486 bits per heavy atom. The summed E-state index contributed by atoms with van der Waals surface area (Å²) in [6.07, 6.45) is 13.7. The summed E-state index contributed by atoms with van der Waals surface area (Å²) in [6.45, 7) is 32.3. The van der Waals surface area contributed by atoms with Gasteiger partial charge in [-0.2, -0.15) is 0 Å². The fourth-order valence-electron chi connectivity index (χ4n) is 15.4. The average molecular weight is 1500 g/mol. The van der Waals surface area contributed by atoms with Crippen molar-refractivity contribution in [1.82, 2.24) is 18.8 Å². The van der Waals surface area contributed by atoms with Crippen molar-refractivity contribution in [2.24, 2.45) is 59.2 Å². The van der Waals surface area contributed by atoms with Crippen molar-refractivity contribution >= 4 is 95.6 Å². The minimum absolute atomic E-state index is 0.0194. The van der Waals surface area contributed by atoms with Crippen LogP contribution in [0.2, 0.25) is 0 Å². The molecule has 4 aromatic heterocycles. The van der Waals surface area contributed by atoms with E-state index in [0.29, 0.717) is 16.8 Å². The number of imidazole rings is 2. The summed E-state index contributed by atoms with van der Waals surface area (Å²) >= 11 is 0. The van der Waals surface area contributed by atoms with Gasteiger partial charge in [0.15, 0.2) is 11.5 Å². The third-order valence-electron chi connectivity index (χ3n) is 23.1. The number of allylic oxidation sites excluding steroid dienone is 6. The van der Waals surface area contributed by atoms with E-state index >= 15 is 0 Å². The van der Waals surface area contributed by atoms with E-state index in [1.54, 1.807) is 139 Å². The minimum atomic E-state index is -1.90. The number of amides is 2. The molecule has 2 amide bonds. The van der Waals surface area contributed by atoms with Crippen molar-refractivity contribution in [2.75, 3.05) is 10.6 Å². The Balaban J connectivity index is 0.000000217. The van der Waals surface area contributed by atoms with Crippen molar-refractivity contribution in [2.45, 2.75) is 180 Å². The second-order valence-electron chi connectivity index (χ2n) is 30.9. The number of phenols is 4. The lowest BCUT2D eigenvalue weighted by molar-refractivity contribution is -0.158. The molecular formula is C84H100N6O19. The van der Waals surface area contributed by atoms with Gasteiger partial charge >= 0.3 is 17.5 Å². The highest BCUT2D eigenvalue weighted by molar-refractivity contribution is 6.30. The van der Waals surface area contributed by atoms with E-state index in [1.165, 1.54) is 33.3 Å². The number of ketones is 2. The van der Waals surface area contributed by atoms with E-state index in [4.69, 9.17) is 33.7 Å². The number of ether oxygens (including phenoxy) is 5. The van der Waals surface area contributed by atoms with E-state index in [-0.39, 0.29) is 130 Å². The number of nitrogens with one attached hydrogen (secondary N) is 2. The number of carbonyl (C=O) groups is 5. The molecule has 6 aliphatic rings. The number of phenolic OH excluding ortho intramolecular Hbond substituents is 4. The molecule has 8 aromatic rings. The molecular weight excluding hydrogens is 1400 g/mol. The minimum Gasteiger partial charge on any atom is -0.507 e. The summed E-state index contributed by atoms with van der Waals surface area (Å²) in [6, 6.07) is 7.32. The molecule has 580 valence electrons. The quantitative estimate of drug-likeness (QED) is 0.0537. The summed E-state index contributed by atoms with van der Waals surface area (Å²) in [5.41, 5.74) is 4.70. The van der Waals surface area contributed by atoms with Gasteiger partial charge in [-0.3, -0.25) is 32.8 Å². The number of aryl methyl sites for hydroxylation is 2. The van der Waals surface area contributed by atoms with Crippen LogP contribution in [0.1, 0.15) is 147 Å². The third kappa shape index (κ3) is 14.1. The van der Waals surface area contributed by atoms with Crippen LogP contribution in [-0.4, -0.2) is 142 Å². The molecule has 11 N–H and O–H groups in total. The van der Waals surface area contributed by atoms with E-state index in [2.05, 4.69) is 10.6 Å². The Morgan fingerprint density at radius 2 is 0.853 bits per heavy atom. The number of pyridine rings is 2. The maximum Gasteiger partial charge on any atom is 0.312 e. The van der Waals surface area contributed by atoms with Crippen LogP contribution in [0.5, 0.6) is 34.5 Å². The lowest BCUT2D eigenvalue weighted by Crippen LogP contribution is -2.45. The number of carbonyl (C=O) groups excluding carboxylic acids is 5. The van der Waals surface area contributed by atoms with Crippen LogP contribution in [0.15, 0.2) is 109 Å². The molecule has 0 saturated heterocycles. The summed E-state index contributed by atoms with van der Waals surface area (Å²) in [5, 5.41) is 110. The van der Waals surface area contributed by atoms with Crippen LogP contribution in [-0.2, 0) is 28.6 Å². The van der Waals surface area contributed by atoms with Crippen LogP contribution < -0.4 is 20.1 Å². The predicted octanol–water partition coefficient (Wildman–Crippen LogP) is 13.0. The maximum absolute atomic E-state index is 14.5. The largest absolute Gasteiger partial charge is 0.507 e. The molecule has 0 unspecified atom stereocenters. The average Bonchev–Trinajstić information content (AvgIpc) is 1.57. The van der Waals surface area contributed by atoms with Gasteiger partial charge in [-0.05, 0) is 113 Å². The molecule has 0 saturated carbocycles. The smallest absolute Gasteiger partial charge is 0.312 e. The molecule has 4 aromatic carbocycles. The molecule has 10 heterocycles. The molecule has 25 heteroatoms. The van der Waals surface area contributed by atoms with Gasteiger partial charge in [0.2, 0.25) is 0 Å². The molecule has 0 spiro atoms. The van der Waals surface area contributed by atoms with Gasteiger partial charge in [0.05, 0.1) is 64.9 Å². The van der Waals surface area contributed by atoms with Crippen molar-refractivity contribution in [3.63, 3.8) is 0 Å². The molecule has 0 fully saturated rings. The molecule has 6 aliphatic heterocycles. The van der Waals surface area contributed by atoms with Gasteiger partial charge in [0.25, 0.3) is 23.4 Å². The fraction of sp³-hybridized carbons (Fsp3) is 0.440. The number of rotatable bonds is 1. The van der Waals surface area contributed by atoms with Gasteiger partial charge in [0, 0.05) is 102 Å². The van der Waals surface area contributed by atoms with Gasteiger partial charge in [-0.15, -0.1) is 0 Å². The normalized spacial score (nSPS) is 31.8. The number of Topliss-reactive ketones (excluding diaryl/α,β-unsaturated/α-hetero) is 2. The van der Waals surface area contributed by atoms with Gasteiger partial charge < -0.3 is 80.3 Å². The third-order valence-corrected chi connectivity index (χ3v) is 23.1. The number of hydrogen-bond donors (Lipinski definition) is 11. The number of esters is 1. The molecule has 0 aliphatic carbocycles. The van der Waals surface area contributed by atoms with E-state index < -0.39 is 125 Å². The lowest BCUT2D eigenvalue weighted by atomic mass is 9.77. The first-order valence-corrected chi connectivity index (χ1v) is 36.9. The fourth-order valence-corrected chi connectivity index (χ4v) is 15.4. The van der Waals surface area contributed by atoms with E-state index in [1.807, 2.05) is 65.8 Å². The molecule has 18 atom stereocenters. The van der Waals surface area contributed by atoms with Gasteiger partial charge in [0.1, 0.15) is 73.8 Å². The number of aromatic hydroxyl groups is 4. The summed E-state index contributed by atoms with van der Waals surface area (Å²) in [4.78, 5) is 78.5. The first-order valence-electron chi connectivity index (χ1n) is 36.9. The summed E-state index contributed by atoms with van der Waals surface area (Å²) < 4.78 is 33.7. The van der Waals surface area contributed by atoms with Crippen molar-refractivity contribution < 1.29 is 93.6 Å². The number of aliphatic hydroxyl groups is 5. The van der Waals surface area contributed by atoms with Crippen LogP contribution in [0, 0.1) is 86.9 Å². The zero-order valence-corrected chi connectivity index (χ0v) is 64.9. The Kier molecular flexibility index (Phi) is 22.1. The zero-order valence-electron chi connectivity index (χ0n) is 64.9. The van der Waals surface area contributed by atoms with Crippen molar-refractivity contribution in [3.8, 4) is 34.5 Å². The highest BCUT2D eigenvalue weighted by atomic mass is 16.7. The Hall–Kier alpha value is -10.3. The highest BCUT2D eigenvalue weighted by Gasteiger charge is 2.52. The van der Waals surface area contributed by atoms with Gasteiger partial charge in [-0.1, -0.05) is 106 Å². The standard InChI is InChI=1S/C43H51N3O10.C41H49N3O9/c1-19-14-16-46-28(18-19)44-32-29-30-37(50)26(8)40-31(29)41(52)43(10,56-40)54-17-15-20(2)23(5)39(55-27(9)47)25(7)36(49)24(6)35(48)21(3)12-11-13-22(4)42(53)45-33(34(32)46)38(30)51;1-18-13-15-44-26(17-18)42-30-27-28-36(48)25(8)38-29(27)39(50)41(9,53-38)52-16-14-19(2)22(5)34(46)24(7)35(47)23(6)33(45)20(3)11-10-12-21(4)40(51)43-31(32(30)44)37(28)49/h11-18,20-21,23-25,35-36,39,48-51H,1-10H3,(H,45,53);10-17,19-20,22-24,33-35,45-49H,1-9H3,(H,43,51)/b12-11+,17-15+,22-13-;11-10+,16-14+,21-12-/t20-,21-,23+,24+,25+,35-,36+,39+,43-;19-,20-,22+,23+,24-,33-,34+,35+,41-/m00/s1. The van der Waals surface area contributed by atoms with Crippen LogP contribution in [0.3, 0.4) is 0 Å². The van der Waals surface area contributed by atoms with E-state index in [9.17, 15) is 69.9 Å². The number of aliphatic hydroxyl groups excluding tert-OH is 5. The van der Waals surface area contributed by atoms with Gasteiger partial charge in [-0.25, -0.2) is 9.97 Å². The predicted molar refractivity (Wildman–Crippen MR) is 413 cm³/mol. The lowest BCUT2D eigenvalue weighted by Gasteiger charge is -2.37. The highest BCUT2D eigenvalue weighted by Crippen LogP contribution is 2.56. The van der Waals surface area contributed by atoms with Crippen LogP contribution in [0.25, 0.3) is 54.9 Å². The number of benzene rings is 4. The van der Waals surface area contributed by atoms with Crippen LogP contribution in [0.4, 0.5) is 11.4 Å². The monoisotopic (exact) mass is 1500 g/mol. The Bertz CT molecular complexity index is 5240. The zero-order chi connectivity index (χ0) is 80.0. The molecule has 10 bridgehead atoms. The second-order valence-corrected chi connectivity index (χ2v) is 30.9. The van der Waals surface area contributed by atoms with E-state index in [0.717, 1.165) is 11.1 Å². The number of fused-ring (bicyclic) bond motifs is 28. The number of hydrogen-bond acceptors (Lipinski definition) is 21. The molecule has 25 nitrogen and oxygen atoms in total. The number of anilines is 2. The first kappa shape index (κ1) is 79.7. The summed E-state index contributed by atoms with van der Waals surface area (Å²) in [5.74, 6) is -12.7. The van der Waals surface area contributed by atoms with Crippen molar-refractivity contribution in [1.29, 1.82) is 0 Å². The second kappa shape index (κ2) is 30.3. The number of aromatic nitrogens is 4. The topological polar surface area (TPSA) is 372 Å². The van der Waals surface area contributed by atoms with Crippen LogP contribution >= 0.6 is 0 Å². The molecule has 109 heavy (non-hydrogen) atoms. The first-order chi connectivity index (χ1) is 51.2. The number of nitrogens with zero attached hydrogens (tertiary/aromatic N) is 4.